The van der Waals surface area contributed by atoms with E-state index < -0.39 is 0 Å². The molecule has 25 heavy (non-hydrogen) atoms. The van der Waals surface area contributed by atoms with Crippen LogP contribution in [0.5, 0.6) is 5.75 Å². The van der Waals surface area contributed by atoms with Gasteiger partial charge in [-0.15, -0.1) is 11.8 Å². The summed E-state index contributed by atoms with van der Waals surface area (Å²) in [7, 11) is 0. The number of ether oxygens (including phenoxy) is 1. The monoisotopic (exact) mass is 356 g/mol. The highest BCUT2D eigenvalue weighted by Gasteiger charge is 2.12. The van der Waals surface area contributed by atoms with Gasteiger partial charge >= 0.3 is 5.97 Å². The maximum absolute atomic E-state index is 12.0. The molecule has 0 aliphatic heterocycles. The van der Waals surface area contributed by atoms with E-state index in [0.717, 1.165) is 11.3 Å². The number of hydrazone groups is 1. The molecule has 2 aromatic rings. The van der Waals surface area contributed by atoms with Crippen LogP contribution in [0.15, 0.2) is 59.7 Å². The Morgan fingerprint density at radius 2 is 1.84 bits per heavy atom. The Labute approximate surface area is 151 Å². The minimum absolute atomic E-state index is 0.145. The second-order valence-electron chi connectivity index (χ2n) is 5.34. The van der Waals surface area contributed by atoms with Crippen molar-refractivity contribution in [2.75, 3.05) is 0 Å². The molecule has 130 valence electrons. The number of thioether (sulfide) groups is 1. The normalized spacial score (nSPS) is 11.9. The zero-order valence-corrected chi connectivity index (χ0v) is 15.0. The number of carbonyl (C=O) groups excluding carboxylic acids is 2. The number of rotatable bonds is 7. The molecule has 2 aromatic carbocycles. The Bertz CT molecular complexity index is 730. The molecule has 1 unspecified atom stereocenters. The lowest BCUT2D eigenvalue weighted by molar-refractivity contribution is -0.131. The summed E-state index contributed by atoms with van der Waals surface area (Å²) in [5, 5.41) is 3.76. The first-order chi connectivity index (χ1) is 12.0. The second kappa shape index (κ2) is 9.64. The minimum Gasteiger partial charge on any atom is -0.427 e. The molecule has 0 saturated carbocycles. The number of nitrogens with zero attached hydrogens (tertiary/aromatic N) is 1. The van der Waals surface area contributed by atoms with Crippen molar-refractivity contribution >= 4 is 29.9 Å². The Morgan fingerprint density at radius 1 is 1.16 bits per heavy atom. The van der Waals surface area contributed by atoms with Crippen LogP contribution in [0.3, 0.4) is 0 Å². The molecule has 2 rings (SSSR count). The standard InChI is InChI=1S/C19H20N2O3S/c1-14(25-13-17-6-4-3-5-7-17)19(23)21-20-12-16-8-10-18(11-9-16)24-15(2)22/h3-12,14H,13H2,1-2H3,(H,21,23). The van der Waals surface area contributed by atoms with Gasteiger partial charge in [-0.3, -0.25) is 9.59 Å². The fourth-order valence-corrected chi connectivity index (χ4v) is 2.76. The molecule has 6 heteroatoms. The van der Waals surface area contributed by atoms with Crippen LogP contribution in [0.25, 0.3) is 0 Å². The first-order valence-electron chi connectivity index (χ1n) is 7.81. The summed E-state index contributed by atoms with van der Waals surface area (Å²) < 4.78 is 4.95. The molecule has 1 atom stereocenters. The van der Waals surface area contributed by atoms with Crippen LogP contribution in [-0.4, -0.2) is 23.3 Å². The summed E-state index contributed by atoms with van der Waals surface area (Å²) >= 11 is 1.56. The second-order valence-corrected chi connectivity index (χ2v) is 6.66. The fraction of sp³-hybridized carbons (Fsp3) is 0.211. The molecule has 0 aromatic heterocycles. The summed E-state index contributed by atoms with van der Waals surface area (Å²) in [6.07, 6.45) is 1.55. The van der Waals surface area contributed by atoms with Gasteiger partial charge in [0, 0.05) is 12.7 Å². The SMILES string of the molecule is CC(=O)Oc1ccc(C=NNC(=O)C(C)SCc2ccccc2)cc1. The van der Waals surface area contributed by atoms with Gasteiger partial charge in [0.2, 0.25) is 0 Å². The number of hydrogen-bond acceptors (Lipinski definition) is 5. The number of benzene rings is 2. The van der Waals surface area contributed by atoms with Crippen molar-refractivity contribution < 1.29 is 14.3 Å². The first-order valence-corrected chi connectivity index (χ1v) is 8.86. The van der Waals surface area contributed by atoms with Crippen molar-refractivity contribution in [2.24, 2.45) is 5.10 Å². The maximum atomic E-state index is 12.0. The lowest BCUT2D eigenvalue weighted by Gasteiger charge is -2.09. The topological polar surface area (TPSA) is 67.8 Å². The zero-order chi connectivity index (χ0) is 18.1. The summed E-state index contributed by atoms with van der Waals surface area (Å²) in [5.74, 6) is 0.737. The minimum atomic E-state index is -0.365. The highest BCUT2D eigenvalue weighted by molar-refractivity contribution is 7.99. The van der Waals surface area contributed by atoms with Crippen LogP contribution >= 0.6 is 11.8 Å². The van der Waals surface area contributed by atoms with Gasteiger partial charge < -0.3 is 4.74 Å². The largest absolute Gasteiger partial charge is 0.427 e. The molecule has 0 heterocycles. The van der Waals surface area contributed by atoms with Crippen LogP contribution in [0.2, 0.25) is 0 Å². The average molecular weight is 356 g/mol. The van der Waals surface area contributed by atoms with Crippen LogP contribution in [0.1, 0.15) is 25.0 Å². The number of hydrogen-bond donors (Lipinski definition) is 1. The van der Waals surface area contributed by atoms with Gasteiger partial charge in [-0.25, -0.2) is 5.43 Å². The van der Waals surface area contributed by atoms with Gasteiger partial charge in [-0.05, 0) is 42.3 Å². The summed E-state index contributed by atoms with van der Waals surface area (Å²) in [6, 6.07) is 16.9. The quantitative estimate of drug-likeness (QED) is 0.357. The van der Waals surface area contributed by atoms with E-state index in [0.29, 0.717) is 5.75 Å². The molecule has 0 spiro atoms. The summed E-state index contributed by atoms with van der Waals surface area (Å²) in [6.45, 7) is 3.20. The number of esters is 1. The molecular formula is C19H20N2O3S. The molecule has 1 amide bonds. The van der Waals surface area contributed by atoms with Crippen LogP contribution in [0, 0.1) is 0 Å². The molecular weight excluding hydrogens is 336 g/mol. The molecule has 0 saturated heterocycles. The average Bonchev–Trinajstić information content (AvgIpc) is 2.61. The van der Waals surface area contributed by atoms with Crippen LogP contribution in [-0.2, 0) is 15.3 Å². The lowest BCUT2D eigenvalue weighted by atomic mass is 10.2. The number of nitrogens with one attached hydrogen (secondary N) is 1. The molecule has 1 N–H and O–H groups in total. The maximum Gasteiger partial charge on any atom is 0.308 e. The van der Waals surface area contributed by atoms with Gasteiger partial charge in [0.05, 0.1) is 11.5 Å². The van der Waals surface area contributed by atoms with Gasteiger partial charge in [0.25, 0.3) is 5.91 Å². The van der Waals surface area contributed by atoms with E-state index in [4.69, 9.17) is 4.74 Å². The van der Waals surface area contributed by atoms with Gasteiger partial charge in [0.1, 0.15) is 5.75 Å². The first kappa shape index (κ1) is 18.7. The van der Waals surface area contributed by atoms with Crippen molar-refractivity contribution in [1.29, 1.82) is 0 Å². The highest BCUT2D eigenvalue weighted by Crippen LogP contribution is 2.17. The Morgan fingerprint density at radius 3 is 2.48 bits per heavy atom. The predicted octanol–water partition coefficient (Wildman–Crippen LogP) is 3.38. The Hall–Kier alpha value is -2.60. The lowest BCUT2D eigenvalue weighted by Crippen LogP contribution is -2.26. The van der Waals surface area contributed by atoms with E-state index in [-0.39, 0.29) is 17.1 Å². The van der Waals surface area contributed by atoms with Crippen LogP contribution in [0.4, 0.5) is 0 Å². The Balaban J connectivity index is 1.78. The molecule has 0 radical (unpaired) electrons. The van der Waals surface area contributed by atoms with E-state index in [2.05, 4.69) is 10.5 Å². The zero-order valence-electron chi connectivity index (χ0n) is 14.1. The third kappa shape index (κ3) is 6.81. The van der Waals surface area contributed by atoms with Crippen molar-refractivity contribution in [1.82, 2.24) is 5.43 Å². The third-order valence-corrected chi connectivity index (χ3v) is 4.46. The highest BCUT2D eigenvalue weighted by atomic mass is 32.2. The summed E-state index contributed by atoms with van der Waals surface area (Å²) in [4.78, 5) is 22.9. The van der Waals surface area contributed by atoms with E-state index in [9.17, 15) is 9.59 Å². The third-order valence-electron chi connectivity index (χ3n) is 3.24. The van der Waals surface area contributed by atoms with Gasteiger partial charge in [-0.1, -0.05) is 30.3 Å². The van der Waals surface area contributed by atoms with E-state index in [1.165, 1.54) is 12.5 Å². The van der Waals surface area contributed by atoms with Crippen molar-refractivity contribution in [3.8, 4) is 5.75 Å². The van der Waals surface area contributed by atoms with Gasteiger partial charge in [-0.2, -0.15) is 5.10 Å². The van der Waals surface area contributed by atoms with Crippen LogP contribution < -0.4 is 10.2 Å². The fourth-order valence-electron chi connectivity index (χ4n) is 1.92. The van der Waals surface area contributed by atoms with E-state index in [1.807, 2.05) is 37.3 Å². The molecule has 0 aliphatic rings. The molecule has 0 fully saturated rings. The van der Waals surface area contributed by atoms with Crippen molar-refractivity contribution in [3.05, 3.63) is 65.7 Å². The molecule has 0 aliphatic carbocycles. The summed E-state index contributed by atoms with van der Waals surface area (Å²) in [5.41, 5.74) is 4.51. The van der Waals surface area contributed by atoms with Crippen molar-refractivity contribution in [2.45, 2.75) is 24.9 Å². The van der Waals surface area contributed by atoms with Gasteiger partial charge in [0.15, 0.2) is 0 Å². The molecule has 0 bridgehead atoms. The number of amides is 1. The van der Waals surface area contributed by atoms with Crippen molar-refractivity contribution in [3.63, 3.8) is 0 Å². The number of carbonyl (C=O) groups is 2. The molecule has 5 nitrogen and oxygen atoms in total. The van der Waals surface area contributed by atoms with E-state index in [1.54, 1.807) is 42.2 Å². The van der Waals surface area contributed by atoms with E-state index >= 15 is 0 Å². The Kier molecular flexibility index (Phi) is 7.22. The smallest absolute Gasteiger partial charge is 0.308 e. The predicted molar refractivity (Wildman–Crippen MR) is 101 cm³/mol.